The minimum atomic E-state index is -0.566. The maximum Gasteiger partial charge on any atom is 0.137 e. The third-order valence-corrected chi connectivity index (χ3v) is 9.91. The zero-order valence-electron chi connectivity index (χ0n) is 41.2. The van der Waals surface area contributed by atoms with E-state index < -0.39 is 60.4 Å². The van der Waals surface area contributed by atoms with Crippen molar-refractivity contribution in [1.29, 1.82) is 0 Å². The Bertz CT molecular complexity index is 3330. The zero-order valence-corrected chi connectivity index (χ0v) is 32.0. The minimum Gasteiger partial charge on any atom is -0.457 e. The molecule has 9 aromatic rings. The Balaban J connectivity index is 1.10. The summed E-state index contributed by atoms with van der Waals surface area (Å²) in [5.74, 6) is 1.88. The van der Waals surface area contributed by atoms with Crippen LogP contribution in [-0.2, 0) is 5.41 Å². The predicted octanol–water partition coefficient (Wildman–Crippen LogP) is 14.7. The van der Waals surface area contributed by atoms with E-state index in [1.54, 1.807) is 30.3 Å². The maximum atomic E-state index is 8.85. The van der Waals surface area contributed by atoms with Gasteiger partial charge in [0.15, 0.2) is 0 Å². The molecule has 0 aliphatic heterocycles. The fourth-order valence-corrected chi connectivity index (χ4v) is 7.10. The molecule has 0 saturated carbocycles. The highest BCUT2D eigenvalue weighted by Gasteiger charge is 2.19. The summed E-state index contributed by atoms with van der Waals surface area (Å²) >= 11 is 6.52. The molecule has 6 heteroatoms. The van der Waals surface area contributed by atoms with E-state index in [9.17, 15) is 0 Å². The van der Waals surface area contributed by atoms with Gasteiger partial charge in [0.2, 0.25) is 0 Å². The van der Waals surface area contributed by atoms with Crippen LogP contribution in [-0.4, -0.2) is 9.55 Å². The quantitative estimate of drug-likeness (QED) is 0.153. The van der Waals surface area contributed by atoms with Gasteiger partial charge in [-0.1, -0.05) is 129 Å². The average Bonchev–Trinajstić information content (AvgIpc) is 3.62. The first-order valence-corrected chi connectivity index (χ1v) is 18.7. The molecule has 0 amide bonds. The molecule has 0 aliphatic carbocycles. The maximum absolute atomic E-state index is 8.85. The Hall–Kier alpha value is -6.82. The van der Waals surface area contributed by atoms with Gasteiger partial charge in [-0.15, -0.1) is 0 Å². The van der Waals surface area contributed by atoms with Crippen molar-refractivity contribution in [3.63, 3.8) is 0 Å². The lowest BCUT2D eigenvalue weighted by molar-refractivity contribution is 0.483. The number of hydrogen-bond acceptors (Lipinski definition) is 4. The Labute approximate surface area is 352 Å². The smallest absolute Gasteiger partial charge is 0.137 e. The van der Waals surface area contributed by atoms with E-state index in [0.29, 0.717) is 33.6 Å². The Morgan fingerprint density at radius 2 is 1.28 bits per heavy atom. The summed E-state index contributed by atoms with van der Waals surface area (Å²) in [6.45, 7) is 6.50. The Kier molecular flexibility index (Phi) is 6.88. The number of pyridine rings is 1. The molecule has 2 N–H and O–H groups in total. The average molecular weight is 771 g/mol. The Morgan fingerprint density at radius 1 is 0.614 bits per heavy atom. The van der Waals surface area contributed by atoms with Crippen LogP contribution in [0.15, 0.2) is 182 Å². The fourth-order valence-electron chi connectivity index (χ4n) is 6.93. The number of fused-ring (bicyclic) bond motifs is 3. The zero-order chi connectivity index (χ0) is 47.6. The van der Waals surface area contributed by atoms with Gasteiger partial charge in [0.05, 0.1) is 41.8 Å². The van der Waals surface area contributed by atoms with Crippen LogP contribution in [0.2, 0.25) is 5.02 Å². The van der Waals surface area contributed by atoms with E-state index in [-0.39, 0.29) is 33.4 Å². The number of aromatic nitrogens is 2. The number of rotatable bonds is 9. The molecule has 7 aromatic carbocycles. The van der Waals surface area contributed by atoms with Gasteiger partial charge in [-0.25, -0.2) is 4.98 Å². The van der Waals surface area contributed by atoms with Crippen LogP contribution >= 0.6 is 11.6 Å². The molecule has 278 valence electrons. The van der Waals surface area contributed by atoms with Gasteiger partial charge >= 0.3 is 0 Å². The number of nitrogens with one attached hydrogen (secondary N) is 2. The number of ether oxygens (including phenoxy) is 1. The van der Waals surface area contributed by atoms with Crippen molar-refractivity contribution in [1.82, 2.24) is 9.55 Å². The lowest BCUT2D eigenvalue weighted by atomic mass is 9.88. The van der Waals surface area contributed by atoms with Crippen molar-refractivity contribution in [3.05, 3.63) is 192 Å². The molecular formula is C51H41ClN4O. The second-order valence-electron chi connectivity index (χ2n) is 14.5. The third-order valence-electron chi connectivity index (χ3n) is 9.68. The van der Waals surface area contributed by atoms with E-state index in [1.165, 1.54) is 0 Å². The first-order valence-electron chi connectivity index (χ1n) is 23.3. The van der Waals surface area contributed by atoms with Crippen LogP contribution in [0.4, 0.5) is 22.7 Å². The van der Waals surface area contributed by atoms with Gasteiger partial charge in [0.1, 0.15) is 17.3 Å². The van der Waals surface area contributed by atoms with Crippen LogP contribution < -0.4 is 15.4 Å². The van der Waals surface area contributed by atoms with E-state index >= 15 is 0 Å². The fraction of sp³-hybridized carbons (Fsp3) is 0.0784. The highest BCUT2D eigenvalue weighted by molar-refractivity contribution is 6.32. The number of benzene rings is 7. The van der Waals surface area contributed by atoms with Gasteiger partial charge in [-0.3, -0.25) is 4.57 Å². The monoisotopic (exact) mass is 770 g/mol. The largest absolute Gasteiger partial charge is 0.457 e. The third kappa shape index (κ3) is 7.33. The molecule has 0 saturated heterocycles. The van der Waals surface area contributed by atoms with Gasteiger partial charge < -0.3 is 15.4 Å². The summed E-state index contributed by atoms with van der Waals surface area (Å²) in [5, 5.41) is 9.41. The van der Waals surface area contributed by atoms with Gasteiger partial charge in [-0.2, -0.15) is 0 Å². The molecule has 0 spiro atoms. The Morgan fingerprint density at radius 3 is 1.98 bits per heavy atom. The highest BCUT2D eigenvalue weighted by atomic mass is 35.5. The van der Waals surface area contributed by atoms with Crippen molar-refractivity contribution >= 4 is 56.2 Å². The van der Waals surface area contributed by atoms with Gasteiger partial charge in [0.25, 0.3) is 0 Å². The number of hydrogen-bond donors (Lipinski definition) is 2. The lowest BCUT2D eigenvalue weighted by Gasteiger charge is -2.20. The van der Waals surface area contributed by atoms with E-state index in [2.05, 4.69) is 42.0 Å². The number of para-hydroxylation sites is 3. The molecule has 2 aromatic heterocycles. The molecule has 0 unspecified atom stereocenters. The SMILES string of the molecule is [2H]c1c([2H])c([2H])c(-c2cccc(-c3c([2H])c([2H])c([2H])c([2H])c3[2H])c2Nc2ccccc2Nc2cccc(Oc3ccc4c5cc(Cl)ccc5n(-c5cc(C(C)(C)C)ccn5)c4c3)c2)c([2H])c1[2H]. The van der Waals surface area contributed by atoms with Crippen molar-refractivity contribution in [2.24, 2.45) is 0 Å². The molecule has 9 rings (SSSR count). The summed E-state index contributed by atoms with van der Waals surface area (Å²) in [6.07, 6.45) is 1.83. The van der Waals surface area contributed by atoms with E-state index in [0.717, 1.165) is 33.2 Å². The summed E-state index contributed by atoms with van der Waals surface area (Å²) in [6, 6.07) is 29.9. The van der Waals surface area contributed by atoms with Crippen LogP contribution in [0.25, 0.3) is 49.9 Å². The number of anilines is 4. The second kappa shape index (κ2) is 15.0. The summed E-state index contributed by atoms with van der Waals surface area (Å²) in [4.78, 5) is 4.79. The van der Waals surface area contributed by atoms with E-state index in [4.69, 9.17) is 35.0 Å². The first-order chi connectivity index (χ1) is 31.9. The number of nitrogens with zero attached hydrogens (tertiary/aromatic N) is 2. The molecule has 0 atom stereocenters. The second-order valence-corrected chi connectivity index (χ2v) is 14.9. The topological polar surface area (TPSA) is 51.1 Å². The molecule has 0 aliphatic rings. The summed E-state index contributed by atoms with van der Waals surface area (Å²) in [7, 11) is 0. The van der Waals surface area contributed by atoms with E-state index in [1.807, 2.05) is 85.1 Å². The lowest BCUT2D eigenvalue weighted by Crippen LogP contribution is -2.12. The first kappa shape index (κ1) is 26.1. The normalized spacial score (nSPS) is 14.0. The van der Waals surface area contributed by atoms with Crippen LogP contribution in [0.1, 0.15) is 40.0 Å². The molecule has 57 heavy (non-hydrogen) atoms. The molecule has 0 bridgehead atoms. The van der Waals surface area contributed by atoms with Crippen molar-refractivity contribution in [3.8, 4) is 39.6 Å². The molecule has 0 fully saturated rings. The highest BCUT2D eigenvalue weighted by Crippen LogP contribution is 2.41. The van der Waals surface area contributed by atoms with Crippen LogP contribution in [0.5, 0.6) is 11.5 Å². The van der Waals surface area contributed by atoms with Crippen molar-refractivity contribution in [2.75, 3.05) is 10.6 Å². The van der Waals surface area contributed by atoms with Crippen molar-refractivity contribution < 1.29 is 18.4 Å². The molecular weight excluding hydrogens is 720 g/mol. The molecule has 5 nitrogen and oxygen atoms in total. The predicted molar refractivity (Wildman–Crippen MR) is 239 cm³/mol. The summed E-state index contributed by atoms with van der Waals surface area (Å²) in [5.41, 5.74) is 4.74. The molecule has 0 radical (unpaired) electrons. The number of halogens is 1. The molecule has 2 heterocycles. The summed E-state index contributed by atoms with van der Waals surface area (Å²) < 4.78 is 94.3. The van der Waals surface area contributed by atoms with Crippen LogP contribution in [0, 0.1) is 0 Å². The van der Waals surface area contributed by atoms with Crippen LogP contribution in [0.3, 0.4) is 0 Å². The van der Waals surface area contributed by atoms with Gasteiger partial charge in [0, 0.05) is 50.9 Å². The van der Waals surface area contributed by atoms with Gasteiger partial charge in [-0.05, 0) is 88.8 Å². The standard InChI is InChI=1S/C51H41ClN4O/c1-51(2,3)36-28-29-53-49(30-36)56-47-27-24-37(52)31-44(47)43-26-25-40(33-48(43)56)57-39-19-12-18-38(32-39)54-45-22-10-11-23-46(45)55-50-41(34-14-6-4-7-15-34)20-13-21-42(50)35-16-8-5-9-17-35/h4-33,54-55H,1-3H3/i4D,5D,6D,7D,8D,9D,14D,15D,16D,17D. The van der Waals surface area contributed by atoms with Crippen molar-refractivity contribution in [2.45, 2.75) is 26.2 Å². The minimum absolute atomic E-state index is 0.0978.